The van der Waals surface area contributed by atoms with Crippen LogP contribution in [-0.4, -0.2) is 39.0 Å². The Hall–Kier alpha value is -1.50. The first-order chi connectivity index (χ1) is 11.4. The number of anilines is 1. The SMILES string of the molecule is CC(C)Cc1nnc(NC(=O)CCC(=O)N2[C@H](C)CCC[C@@H]2C)s1. The molecule has 0 spiro atoms. The van der Waals surface area contributed by atoms with Crippen molar-refractivity contribution in [2.24, 2.45) is 5.92 Å². The summed E-state index contributed by atoms with van der Waals surface area (Å²) in [6.07, 6.45) is 4.56. The maximum atomic E-state index is 12.4. The third-order valence-corrected chi connectivity index (χ3v) is 5.20. The number of piperidine rings is 1. The summed E-state index contributed by atoms with van der Waals surface area (Å²) in [7, 11) is 0. The van der Waals surface area contributed by atoms with E-state index in [0.29, 0.717) is 11.0 Å². The van der Waals surface area contributed by atoms with Crippen LogP contribution in [-0.2, 0) is 16.0 Å². The zero-order valence-electron chi connectivity index (χ0n) is 15.0. The molecular formula is C17H28N4O2S. The van der Waals surface area contributed by atoms with Crippen molar-refractivity contribution in [3.05, 3.63) is 5.01 Å². The van der Waals surface area contributed by atoms with Crippen LogP contribution >= 0.6 is 11.3 Å². The molecule has 1 aromatic heterocycles. The van der Waals surface area contributed by atoms with E-state index in [-0.39, 0.29) is 36.7 Å². The molecule has 1 saturated heterocycles. The maximum Gasteiger partial charge on any atom is 0.226 e. The smallest absolute Gasteiger partial charge is 0.226 e. The van der Waals surface area contributed by atoms with Gasteiger partial charge in [-0.15, -0.1) is 10.2 Å². The number of hydrogen-bond acceptors (Lipinski definition) is 5. The molecule has 134 valence electrons. The molecule has 0 saturated carbocycles. The lowest BCUT2D eigenvalue weighted by atomic mass is 9.97. The van der Waals surface area contributed by atoms with Gasteiger partial charge in [0, 0.05) is 31.3 Å². The minimum absolute atomic E-state index is 0.0719. The average molecular weight is 353 g/mol. The highest BCUT2D eigenvalue weighted by molar-refractivity contribution is 7.15. The molecule has 24 heavy (non-hydrogen) atoms. The van der Waals surface area contributed by atoms with Crippen LogP contribution in [0.1, 0.15) is 64.8 Å². The first-order valence-electron chi connectivity index (χ1n) is 8.80. The number of nitrogens with one attached hydrogen (secondary N) is 1. The van der Waals surface area contributed by atoms with Gasteiger partial charge in [0.1, 0.15) is 5.01 Å². The molecule has 6 nitrogen and oxygen atoms in total. The standard InChI is InChI=1S/C17H28N4O2S/c1-11(2)10-15-19-20-17(24-15)18-14(22)8-9-16(23)21-12(3)6-5-7-13(21)4/h11-13H,5-10H2,1-4H3,(H,18,20,22)/t12-,13+. The van der Waals surface area contributed by atoms with Gasteiger partial charge in [0.2, 0.25) is 16.9 Å². The van der Waals surface area contributed by atoms with Crippen LogP contribution < -0.4 is 5.32 Å². The Morgan fingerprint density at radius 2 is 1.88 bits per heavy atom. The van der Waals surface area contributed by atoms with E-state index in [0.717, 1.165) is 24.3 Å². The topological polar surface area (TPSA) is 75.2 Å². The average Bonchev–Trinajstić information content (AvgIpc) is 2.91. The highest BCUT2D eigenvalue weighted by atomic mass is 32.1. The molecule has 2 rings (SSSR count). The Kier molecular flexibility index (Phi) is 6.71. The Bertz CT molecular complexity index is 563. The van der Waals surface area contributed by atoms with Gasteiger partial charge in [0.15, 0.2) is 0 Å². The molecule has 0 aromatic carbocycles. The maximum absolute atomic E-state index is 12.4. The fourth-order valence-corrected chi connectivity index (χ4v) is 4.15. The largest absolute Gasteiger partial charge is 0.337 e. The Morgan fingerprint density at radius 3 is 2.50 bits per heavy atom. The molecule has 1 aliphatic rings. The molecular weight excluding hydrogens is 324 g/mol. The number of carbonyl (C=O) groups excluding carboxylic acids is 2. The molecule has 7 heteroatoms. The van der Waals surface area contributed by atoms with Crippen LogP contribution in [0.4, 0.5) is 5.13 Å². The van der Waals surface area contributed by atoms with Crippen molar-refractivity contribution in [1.82, 2.24) is 15.1 Å². The van der Waals surface area contributed by atoms with E-state index in [9.17, 15) is 9.59 Å². The quantitative estimate of drug-likeness (QED) is 0.853. The zero-order chi connectivity index (χ0) is 17.7. The summed E-state index contributed by atoms with van der Waals surface area (Å²) >= 11 is 1.40. The summed E-state index contributed by atoms with van der Waals surface area (Å²) in [5.74, 6) is 0.406. The minimum Gasteiger partial charge on any atom is -0.337 e. The fourth-order valence-electron chi connectivity index (χ4n) is 3.18. The van der Waals surface area contributed by atoms with Gasteiger partial charge in [-0.1, -0.05) is 25.2 Å². The van der Waals surface area contributed by atoms with Gasteiger partial charge in [0.25, 0.3) is 0 Å². The number of rotatable bonds is 6. The van der Waals surface area contributed by atoms with Crippen LogP contribution in [0.3, 0.4) is 0 Å². The lowest BCUT2D eigenvalue weighted by Gasteiger charge is -2.39. The van der Waals surface area contributed by atoms with Crippen molar-refractivity contribution in [3.63, 3.8) is 0 Å². The number of aromatic nitrogens is 2. The molecule has 2 atom stereocenters. The fraction of sp³-hybridized carbons (Fsp3) is 0.765. The molecule has 2 amide bonds. The van der Waals surface area contributed by atoms with E-state index in [2.05, 4.69) is 43.2 Å². The normalized spacial score (nSPS) is 21.1. The van der Waals surface area contributed by atoms with Gasteiger partial charge in [-0.25, -0.2) is 0 Å². The molecule has 1 aromatic rings. The molecule has 1 fully saturated rings. The lowest BCUT2D eigenvalue weighted by molar-refractivity contribution is -0.138. The number of amides is 2. The van der Waals surface area contributed by atoms with Crippen molar-refractivity contribution in [2.45, 2.75) is 78.3 Å². The number of carbonyl (C=O) groups is 2. The van der Waals surface area contributed by atoms with E-state index in [4.69, 9.17) is 0 Å². The second-order valence-electron chi connectivity index (χ2n) is 7.08. The van der Waals surface area contributed by atoms with E-state index < -0.39 is 0 Å². The summed E-state index contributed by atoms with van der Waals surface area (Å²) in [6, 6.07) is 0.539. The molecule has 0 bridgehead atoms. The highest BCUT2D eigenvalue weighted by Gasteiger charge is 2.28. The molecule has 1 N–H and O–H groups in total. The van der Waals surface area contributed by atoms with Gasteiger partial charge >= 0.3 is 0 Å². The lowest BCUT2D eigenvalue weighted by Crippen LogP contribution is -2.47. The van der Waals surface area contributed by atoms with Gasteiger partial charge in [-0.2, -0.15) is 0 Å². The molecule has 2 heterocycles. The zero-order valence-corrected chi connectivity index (χ0v) is 15.9. The Labute approximate surface area is 148 Å². The summed E-state index contributed by atoms with van der Waals surface area (Å²) in [5.41, 5.74) is 0. The highest BCUT2D eigenvalue weighted by Crippen LogP contribution is 2.24. The summed E-state index contributed by atoms with van der Waals surface area (Å²) < 4.78 is 0. The number of likely N-dealkylation sites (tertiary alicyclic amines) is 1. The molecule has 0 aliphatic carbocycles. The van der Waals surface area contributed by atoms with Crippen LogP contribution in [0, 0.1) is 5.92 Å². The second kappa shape index (κ2) is 8.55. The van der Waals surface area contributed by atoms with Crippen molar-refractivity contribution in [3.8, 4) is 0 Å². The first-order valence-corrected chi connectivity index (χ1v) is 9.62. The predicted octanol–water partition coefficient (Wildman–Crippen LogP) is 3.24. The Morgan fingerprint density at radius 1 is 1.21 bits per heavy atom. The van der Waals surface area contributed by atoms with Crippen LogP contribution in [0.15, 0.2) is 0 Å². The number of nitrogens with zero attached hydrogens (tertiary/aromatic N) is 3. The molecule has 0 radical (unpaired) electrons. The van der Waals surface area contributed by atoms with E-state index in [1.54, 1.807) is 0 Å². The summed E-state index contributed by atoms with van der Waals surface area (Å²) in [6.45, 7) is 8.41. The van der Waals surface area contributed by atoms with E-state index in [1.807, 2.05) is 4.90 Å². The molecule has 1 aliphatic heterocycles. The van der Waals surface area contributed by atoms with Crippen LogP contribution in [0.5, 0.6) is 0 Å². The van der Waals surface area contributed by atoms with Crippen LogP contribution in [0.2, 0.25) is 0 Å². The summed E-state index contributed by atoms with van der Waals surface area (Å²) in [4.78, 5) is 26.4. The third-order valence-electron chi connectivity index (χ3n) is 4.34. The summed E-state index contributed by atoms with van der Waals surface area (Å²) in [5, 5.41) is 12.3. The van der Waals surface area contributed by atoms with Gasteiger partial charge in [-0.05, 0) is 39.0 Å². The number of hydrogen-bond donors (Lipinski definition) is 1. The monoisotopic (exact) mass is 352 g/mol. The third kappa shape index (κ3) is 5.26. The second-order valence-corrected chi connectivity index (χ2v) is 8.14. The van der Waals surface area contributed by atoms with Gasteiger partial charge in [-0.3, -0.25) is 9.59 Å². The van der Waals surface area contributed by atoms with Crippen molar-refractivity contribution < 1.29 is 9.59 Å². The van der Waals surface area contributed by atoms with Crippen molar-refractivity contribution in [2.75, 3.05) is 5.32 Å². The van der Waals surface area contributed by atoms with E-state index in [1.165, 1.54) is 17.8 Å². The Balaban J connectivity index is 1.80. The van der Waals surface area contributed by atoms with Crippen molar-refractivity contribution >= 4 is 28.3 Å². The van der Waals surface area contributed by atoms with Gasteiger partial charge in [0.05, 0.1) is 0 Å². The van der Waals surface area contributed by atoms with E-state index >= 15 is 0 Å². The van der Waals surface area contributed by atoms with Crippen LogP contribution in [0.25, 0.3) is 0 Å². The first kappa shape index (κ1) is 18.8. The predicted molar refractivity (Wildman–Crippen MR) is 95.9 cm³/mol. The van der Waals surface area contributed by atoms with Gasteiger partial charge < -0.3 is 10.2 Å². The minimum atomic E-state index is -0.173. The van der Waals surface area contributed by atoms with Crippen molar-refractivity contribution in [1.29, 1.82) is 0 Å². The molecule has 0 unspecified atom stereocenters.